The molecule has 0 spiro atoms. The van der Waals surface area contributed by atoms with Crippen LogP contribution in [0.1, 0.15) is 31.2 Å². The lowest BCUT2D eigenvalue weighted by molar-refractivity contribution is -0.384. The fourth-order valence-corrected chi connectivity index (χ4v) is 4.13. The van der Waals surface area contributed by atoms with Gasteiger partial charge in [-0.1, -0.05) is 22.0 Å². The molecule has 2 aliphatic heterocycles. The van der Waals surface area contributed by atoms with Crippen LogP contribution < -0.4 is 5.32 Å². The number of nitro benzene ring substituents is 1. The first-order chi connectivity index (χ1) is 10.9. The molecule has 0 radical (unpaired) electrons. The summed E-state index contributed by atoms with van der Waals surface area (Å²) in [4.78, 5) is 24.8. The van der Waals surface area contributed by atoms with Gasteiger partial charge in [0.15, 0.2) is 0 Å². The fraction of sp³-hybridized carbons (Fsp3) is 0.562. The summed E-state index contributed by atoms with van der Waals surface area (Å²) < 4.78 is 0.610. The van der Waals surface area contributed by atoms with E-state index in [0.717, 1.165) is 18.4 Å². The van der Waals surface area contributed by atoms with Gasteiger partial charge in [0.1, 0.15) is 0 Å². The van der Waals surface area contributed by atoms with Gasteiger partial charge in [0.2, 0.25) is 5.91 Å². The van der Waals surface area contributed by atoms with Gasteiger partial charge >= 0.3 is 0 Å². The van der Waals surface area contributed by atoms with Crippen LogP contribution in [0.15, 0.2) is 22.7 Å². The Kier molecular flexibility index (Phi) is 4.68. The Morgan fingerprint density at radius 1 is 1.39 bits per heavy atom. The summed E-state index contributed by atoms with van der Waals surface area (Å²) in [5.41, 5.74) is 0.806. The van der Waals surface area contributed by atoms with Crippen molar-refractivity contribution < 1.29 is 9.72 Å². The average Bonchev–Trinajstić information content (AvgIpc) is 2.86. The molecule has 7 heteroatoms. The topological polar surface area (TPSA) is 75.5 Å². The van der Waals surface area contributed by atoms with Crippen molar-refractivity contribution in [1.29, 1.82) is 0 Å². The van der Waals surface area contributed by atoms with Gasteiger partial charge in [-0.15, -0.1) is 0 Å². The van der Waals surface area contributed by atoms with Gasteiger partial charge in [0, 0.05) is 41.8 Å². The lowest BCUT2D eigenvalue weighted by Gasteiger charge is -2.35. The molecule has 1 aromatic rings. The van der Waals surface area contributed by atoms with E-state index < -0.39 is 4.92 Å². The fourth-order valence-electron chi connectivity index (χ4n) is 3.63. The average molecular weight is 382 g/mol. The van der Waals surface area contributed by atoms with Crippen LogP contribution >= 0.6 is 15.9 Å². The number of nitrogens with one attached hydrogen (secondary N) is 1. The highest BCUT2D eigenvalue weighted by Crippen LogP contribution is 2.30. The molecule has 2 fully saturated rings. The third kappa shape index (κ3) is 3.55. The maximum atomic E-state index is 12.6. The quantitative estimate of drug-likeness (QED) is 0.642. The molecule has 2 unspecified atom stereocenters. The normalized spacial score (nSPS) is 26.1. The molecular weight excluding hydrogens is 362 g/mol. The van der Waals surface area contributed by atoms with E-state index in [1.54, 1.807) is 6.07 Å². The monoisotopic (exact) mass is 381 g/mol. The second-order valence-corrected chi connectivity index (χ2v) is 7.33. The molecule has 1 N–H and O–H groups in total. The zero-order valence-electron chi connectivity index (χ0n) is 13.0. The Morgan fingerprint density at radius 2 is 2.04 bits per heavy atom. The molecule has 2 saturated heterocycles. The first kappa shape index (κ1) is 16.4. The minimum atomic E-state index is -0.437. The number of benzene rings is 1. The second kappa shape index (κ2) is 6.57. The number of carbonyl (C=O) groups is 1. The third-order valence-corrected chi connectivity index (χ3v) is 5.72. The minimum absolute atomic E-state index is 0.0244. The number of halogens is 1. The number of amides is 1. The molecule has 0 aliphatic carbocycles. The van der Waals surface area contributed by atoms with Crippen molar-refractivity contribution in [2.24, 2.45) is 0 Å². The van der Waals surface area contributed by atoms with Crippen molar-refractivity contribution in [2.45, 2.75) is 50.2 Å². The van der Waals surface area contributed by atoms with E-state index >= 15 is 0 Å². The SMILES string of the molecule is CN(C(=O)Cc1ccc([N+](=O)[O-])cc1Br)C1CC2CCC(C1)N2. The van der Waals surface area contributed by atoms with Crippen LogP contribution in [-0.4, -0.2) is 40.9 Å². The maximum Gasteiger partial charge on any atom is 0.270 e. The van der Waals surface area contributed by atoms with Crippen LogP contribution in [0.3, 0.4) is 0 Å². The number of piperidine rings is 1. The molecule has 0 aromatic heterocycles. The third-order valence-electron chi connectivity index (χ3n) is 4.98. The molecule has 1 amide bonds. The number of nitro groups is 1. The van der Waals surface area contributed by atoms with E-state index in [1.807, 2.05) is 11.9 Å². The highest BCUT2D eigenvalue weighted by atomic mass is 79.9. The van der Waals surface area contributed by atoms with Gasteiger partial charge in [-0.25, -0.2) is 0 Å². The number of likely N-dealkylation sites (N-methyl/N-ethyl adjacent to an activating group) is 1. The molecule has 2 bridgehead atoms. The van der Waals surface area contributed by atoms with Crippen LogP contribution in [0.4, 0.5) is 5.69 Å². The largest absolute Gasteiger partial charge is 0.342 e. The predicted octanol–water partition coefficient (Wildman–Crippen LogP) is 2.64. The number of nitrogens with zero attached hydrogens (tertiary/aromatic N) is 2. The Hall–Kier alpha value is -1.47. The molecular formula is C16H20BrN3O3. The van der Waals surface area contributed by atoms with E-state index in [2.05, 4.69) is 21.2 Å². The van der Waals surface area contributed by atoms with Crippen LogP contribution in [0.5, 0.6) is 0 Å². The number of hydrogen-bond donors (Lipinski definition) is 1. The van der Waals surface area contributed by atoms with Crippen molar-refractivity contribution in [3.63, 3.8) is 0 Å². The lowest BCUT2D eigenvalue weighted by Crippen LogP contribution is -2.49. The summed E-state index contributed by atoms with van der Waals surface area (Å²) in [6, 6.07) is 5.92. The zero-order valence-corrected chi connectivity index (χ0v) is 14.6. The van der Waals surface area contributed by atoms with Gasteiger partial charge < -0.3 is 10.2 Å². The molecule has 23 heavy (non-hydrogen) atoms. The number of fused-ring (bicyclic) bond motifs is 2. The summed E-state index contributed by atoms with van der Waals surface area (Å²) in [6.45, 7) is 0. The second-order valence-electron chi connectivity index (χ2n) is 6.48. The molecule has 2 atom stereocenters. The van der Waals surface area contributed by atoms with Gasteiger partial charge in [-0.3, -0.25) is 14.9 Å². The molecule has 0 saturated carbocycles. The zero-order chi connectivity index (χ0) is 16.6. The van der Waals surface area contributed by atoms with Crippen molar-refractivity contribution >= 4 is 27.5 Å². The smallest absolute Gasteiger partial charge is 0.270 e. The Balaban J connectivity index is 1.65. The molecule has 6 nitrogen and oxygen atoms in total. The molecule has 3 rings (SSSR count). The first-order valence-electron chi connectivity index (χ1n) is 7.88. The number of hydrogen-bond acceptors (Lipinski definition) is 4. The Bertz CT molecular complexity index is 625. The van der Waals surface area contributed by atoms with Crippen LogP contribution in [0, 0.1) is 10.1 Å². The number of non-ortho nitro benzene ring substituents is 1. The van der Waals surface area contributed by atoms with Crippen molar-refractivity contribution in [2.75, 3.05) is 7.05 Å². The standard InChI is InChI=1S/C16H20BrN3O3/c1-19(14-7-11-3-4-12(8-14)18-11)16(21)6-10-2-5-13(20(22)23)9-15(10)17/h2,5,9,11-12,14,18H,3-4,6-8H2,1H3. The van der Waals surface area contributed by atoms with Gasteiger partial charge in [-0.2, -0.15) is 0 Å². The summed E-state index contributed by atoms with van der Waals surface area (Å²) in [5.74, 6) is 0.0610. The van der Waals surface area contributed by atoms with E-state index in [9.17, 15) is 14.9 Å². The first-order valence-corrected chi connectivity index (χ1v) is 8.68. The van der Waals surface area contributed by atoms with Gasteiger partial charge in [-0.05, 0) is 31.2 Å². The van der Waals surface area contributed by atoms with Crippen molar-refractivity contribution in [3.8, 4) is 0 Å². The molecule has 2 heterocycles. The number of carbonyl (C=O) groups excluding carboxylic acids is 1. The number of rotatable bonds is 4. The highest BCUT2D eigenvalue weighted by Gasteiger charge is 2.36. The van der Waals surface area contributed by atoms with Crippen LogP contribution in [0.2, 0.25) is 0 Å². The van der Waals surface area contributed by atoms with E-state index in [4.69, 9.17) is 0 Å². The van der Waals surface area contributed by atoms with E-state index in [0.29, 0.717) is 16.6 Å². The van der Waals surface area contributed by atoms with Gasteiger partial charge in [0.05, 0.1) is 11.3 Å². The highest BCUT2D eigenvalue weighted by molar-refractivity contribution is 9.10. The molecule has 1 aromatic carbocycles. The summed E-state index contributed by atoms with van der Waals surface area (Å²) >= 11 is 3.33. The molecule has 124 valence electrons. The lowest BCUT2D eigenvalue weighted by atomic mass is 9.98. The molecule has 2 aliphatic rings. The van der Waals surface area contributed by atoms with Crippen LogP contribution in [-0.2, 0) is 11.2 Å². The predicted molar refractivity (Wildman–Crippen MR) is 90.2 cm³/mol. The van der Waals surface area contributed by atoms with E-state index in [1.165, 1.54) is 25.0 Å². The van der Waals surface area contributed by atoms with Crippen LogP contribution in [0.25, 0.3) is 0 Å². The van der Waals surface area contributed by atoms with Gasteiger partial charge in [0.25, 0.3) is 5.69 Å². The Morgan fingerprint density at radius 3 is 2.61 bits per heavy atom. The summed E-state index contributed by atoms with van der Waals surface area (Å²) in [7, 11) is 1.87. The minimum Gasteiger partial charge on any atom is -0.342 e. The van der Waals surface area contributed by atoms with Crippen molar-refractivity contribution in [1.82, 2.24) is 10.2 Å². The van der Waals surface area contributed by atoms with E-state index in [-0.39, 0.29) is 24.1 Å². The van der Waals surface area contributed by atoms with Crippen molar-refractivity contribution in [3.05, 3.63) is 38.3 Å². The Labute approximate surface area is 143 Å². The summed E-state index contributed by atoms with van der Waals surface area (Å²) in [5, 5.41) is 14.4. The maximum absolute atomic E-state index is 12.6. The summed E-state index contributed by atoms with van der Waals surface area (Å²) in [6.07, 6.45) is 4.70.